The van der Waals surface area contributed by atoms with Gasteiger partial charge in [0.1, 0.15) is 0 Å². The summed E-state index contributed by atoms with van der Waals surface area (Å²) in [6.45, 7) is 8.43. The van der Waals surface area contributed by atoms with E-state index in [-0.39, 0.29) is 0 Å². The largest absolute Gasteiger partial charge is 0.396 e. The Bertz CT molecular complexity index is 309. The summed E-state index contributed by atoms with van der Waals surface area (Å²) in [6, 6.07) is 2.48. The summed E-state index contributed by atoms with van der Waals surface area (Å²) in [5.41, 5.74) is 1.09. The van der Waals surface area contributed by atoms with Crippen LogP contribution in [0.25, 0.3) is 0 Å². The van der Waals surface area contributed by atoms with Gasteiger partial charge in [0.25, 0.3) is 0 Å². The van der Waals surface area contributed by atoms with E-state index in [1.165, 1.54) is 0 Å². The lowest BCUT2D eigenvalue weighted by molar-refractivity contribution is 0.228. The number of rotatable bonds is 8. The van der Waals surface area contributed by atoms with Crippen LogP contribution in [0.2, 0.25) is 0 Å². The maximum absolute atomic E-state index is 8.89. The van der Waals surface area contributed by atoms with Crippen molar-refractivity contribution in [2.75, 3.05) is 13.2 Å². The fourth-order valence-electron chi connectivity index (χ4n) is 1.64. The van der Waals surface area contributed by atoms with Crippen LogP contribution in [0.4, 0.5) is 0 Å². The number of hydrogen-bond acceptors (Lipinski definition) is 3. The van der Waals surface area contributed by atoms with Crippen molar-refractivity contribution in [3.63, 3.8) is 0 Å². The first kappa shape index (κ1) is 14.2. The van der Waals surface area contributed by atoms with Crippen molar-refractivity contribution in [2.45, 2.75) is 46.2 Å². The Morgan fingerprint density at radius 3 is 2.76 bits per heavy atom. The van der Waals surface area contributed by atoms with Gasteiger partial charge in [-0.1, -0.05) is 6.92 Å². The molecular formula is C13H25N3O. The minimum atomic E-state index is 0.290. The molecule has 1 atom stereocenters. The molecule has 4 nitrogen and oxygen atoms in total. The van der Waals surface area contributed by atoms with E-state index in [9.17, 15) is 0 Å². The summed E-state index contributed by atoms with van der Waals surface area (Å²) in [4.78, 5) is 0. The van der Waals surface area contributed by atoms with Crippen molar-refractivity contribution in [1.82, 2.24) is 15.1 Å². The predicted molar refractivity (Wildman–Crippen MR) is 69.8 cm³/mol. The molecule has 17 heavy (non-hydrogen) atoms. The molecule has 0 amide bonds. The molecule has 0 saturated heterocycles. The van der Waals surface area contributed by atoms with Crippen LogP contribution in [0.15, 0.2) is 12.3 Å². The van der Waals surface area contributed by atoms with E-state index < -0.39 is 0 Å². The van der Waals surface area contributed by atoms with Crippen LogP contribution in [-0.2, 0) is 6.54 Å². The Hall–Kier alpha value is -0.870. The van der Waals surface area contributed by atoms with Crippen molar-refractivity contribution in [2.24, 2.45) is 5.92 Å². The molecule has 1 aromatic heterocycles. The maximum Gasteiger partial charge on any atom is 0.0762 e. The van der Waals surface area contributed by atoms with E-state index in [1.54, 1.807) is 0 Å². The third-order valence-electron chi connectivity index (χ3n) is 2.86. The molecule has 0 spiro atoms. The van der Waals surface area contributed by atoms with Crippen LogP contribution in [0, 0.1) is 5.92 Å². The minimum Gasteiger partial charge on any atom is -0.396 e. The van der Waals surface area contributed by atoms with E-state index in [4.69, 9.17) is 5.11 Å². The van der Waals surface area contributed by atoms with Gasteiger partial charge in [0.05, 0.1) is 5.69 Å². The minimum absolute atomic E-state index is 0.290. The van der Waals surface area contributed by atoms with Gasteiger partial charge in [-0.05, 0) is 45.2 Å². The van der Waals surface area contributed by atoms with Gasteiger partial charge in [0, 0.05) is 25.4 Å². The van der Waals surface area contributed by atoms with Gasteiger partial charge in [-0.2, -0.15) is 5.10 Å². The SMILES string of the molecule is CC(CO)CCCNCc1ccn(C(C)C)n1. The topological polar surface area (TPSA) is 50.1 Å². The molecule has 0 aliphatic carbocycles. The second-order valence-electron chi connectivity index (χ2n) is 4.99. The molecule has 1 aromatic rings. The summed E-state index contributed by atoms with van der Waals surface area (Å²) in [5, 5.41) is 16.7. The molecule has 1 unspecified atom stereocenters. The number of aliphatic hydroxyl groups excluding tert-OH is 1. The van der Waals surface area contributed by atoms with Gasteiger partial charge < -0.3 is 10.4 Å². The molecular weight excluding hydrogens is 214 g/mol. The summed E-state index contributed by atoms with van der Waals surface area (Å²) in [7, 11) is 0. The summed E-state index contributed by atoms with van der Waals surface area (Å²) in [5.74, 6) is 0.414. The zero-order chi connectivity index (χ0) is 12.7. The molecule has 0 aliphatic heterocycles. The fraction of sp³-hybridized carbons (Fsp3) is 0.769. The molecule has 0 radical (unpaired) electrons. The average Bonchev–Trinajstić information content (AvgIpc) is 2.77. The molecule has 0 aromatic carbocycles. The molecule has 0 bridgehead atoms. The van der Waals surface area contributed by atoms with Crippen molar-refractivity contribution < 1.29 is 5.11 Å². The first-order valence-corrected chi connectivity index (χ1v) is 6.49. The predicted octanol–water partition coefficient (Wildman–Crippen LogP) is 1.96. The van der Waals surface area contributed by atoms with E-state index in [2.05, 4.69) is 37.3 Å². The van der Waals surface area contributed by atoms with Gasteiger partial charge >= 0.3 is 0 Å². The van der Waals surface area contributed by atoms with E-state index in [0.29, 0.717) is 18.6 Å². The standard InChI is InChI=1S/C13H25N3O/c1-11(2)16-8-6-13(15-16)9-14-7-4-5-12(3)10-17/h6,8,11-12,14,17H,4-5,7,9-10H2,1-3H3. The third-order valence-corrected chi connectivity index (χ3v) is 2.86. The molecule has 1 rings (SSSR count). The molecule has 1 heterocycles. The van der Waals surface area contributed by atoms with Crippen molar-refractivity contribution in [3.05, 3.63) is 18.0 Å². The highest BCUT2D eigenvalue weighted by atomic mass is 16.3. The number of aliphatic hydroxyl groups is 1. The quantitative estimate of drug-likeness (QED) is 0.682. The lowest BCUT2D eigenvalue weighted by atomic mass is 10.1. The van der Waals surface area contributed by atoms with Crippen molar-refractivity contribution in [1.29, 1.82) is 0 Å². The number of nitrogens with one attached hydrogen (secondary N) is 1. The van der Waals surface area contributed by atoms with Gasteiger partial charge in [0.2, 0.25) is 0 Å². The summed E-state index contributed by atoms with van der Waals surface area (Å²) < 4.78 is 1.98. The van der Waals surface area contributed by atoms with Crippen LogP contribution in [-0.4, -0.2) is 28.0 Å². The molecule has 98 valence electrons. The second kappa shape index (κ2) is 7.45. The maximum atomic E-state index is 8.89. The highest BCUT2D eigenvalue weighted by Crippen LogP contribution is 2.05. The fourth-order valence-corrected chi connectivity index (χ4v) is 1.64. The first-order valence-electron chi connectivity index (χ1n) is 6.49. The summed E-state index contributed by atoms with van der Waals surface area (Å²) in [6.07, 6.45) is 4.20. The number of aromatic nitrogens is 2. The highest BCUT2D eigenvalue weighted by molar-refractivity contribution is 4.98. The Balaban J connectivity index is 2.13. The van der Waals surface area contributed by atoms with E-state index in [0.717, 1.165) is 31.6 Å². The lowest BCUT2D eigenvalue weighted by Gasteiger charge is -2.07. The van der Waals surface area contributed by atoms with Crippen LogP contribution in [0.3, 0.4) is 0 Å². The molecule has 2 N–H and O–H groups in total. The van der Waals surface area contributed by atoms with Crippen molar-refractivity contribution >= 4 is 0 Å². The van der Waals surface area contributed by atoms with Gasteiger partial charge in [-0.25, -0.2) is 0 Å². The molecule has 0 fully saturated rings. The van der Waals surface area contributed by atoms with Crippen LogP contribution >= 0.6 is 0 Å². The van der Waals surface area contributed by atoms with E-state index >= 15 is 0 Å². The molecule has 0 saturated carbocycles. The monoisotopic (exact) mass is 239 g/mol. The second-order valence-corrected chi connectivity index (χ2v) is 4.99. The zero-order valence-corrected chi connectivity index (χ0v) is 11.2. The average molecular weight is 239 g/mol. The van der Waals surface area contributed by atoms with Crippen LogP contribution in [0.5, 0.6) is 0 Å². The highest BCUT2D eigenvalue weighted by Gasteiger charge is 2.02. The third kappa shape index (κ3) is 5.33. The molecule has 4 heteroatoms. The Morgan fingerprint density at radius 1 is 1.41 bits per heavy atom. The smallest absolute Gasteiger partial charge is 0.0762 e. The summed E-state index contributed by atoms with van der Waals surface area (Å²) >= 11 is 0. The number of nitrogens with zero attached hydrogens (tertiary/aromatic N) is 2. The van der Waals surface area contributed by atoms with Crippen LogP contribution in [0.1, 0.15) is 45.3 Å². The Labute approximate surface area is 104 Å². The molecule has 0 aliphatic rings. The lowest BCUT2D eigenvalue weighted by Crippen LogP contribution is -2.16. The Kier molecular flexibility index (Phi) is 6.22. The van der Waals surface area contributed by atoms with Crippen LogP contribution < -0.4 is 5.32 Å². The zero-order valence-electron chi connectivity index (χ0n) is 11.2. The van der Waals surface area contributed by atoms with E-state index in [1.807, 2.05) is 10.9 Å². The number of hydrogen-bond donors (Lipinski definition) is 2. The normalized spacial score (nSPS) is 13.2. The first-order chi connectivity index (χ1) is 8.13. The van der Waals surface area contributed by atoms with Crippen molar-refractivity contribution in [3.8, 4) is 0 Å². The van der Waals surface area contributed by atoms with Gasteiger partial charge in [-0.3, -0.25) is 4.68 Å². The van der Waals surface area contributed by atoms with Gasteiger partial charge in [0.15, 0.2) is 0 Å². The van der Waals surface area contributed by atoms with Gasteiger partial charge in [-0.15, -0.1) is 0 Å². The Morgan fingerprint density at radius 2 is 2.18 bits per heavy atom.